The minimum Gasteiger partial charge on any atom is -0.361 e. The van der Waals surface area contributed by atoms with Crippen molar-refractivity contribution < 1.29 is 26.9 Å². The Kier molecular flexibility index (Phi) is 5.05. The summed E-state index contributed by atoms with van der Waals surface area (Å²) in [6.45, 7) is 0. The molecule has 9 heteroatoms. The molecular weight excluding hydrogens is 314 g/mol. The van der Waals surface area contributed by atoms with Gasteiger partial charge in [0.2, 0.25) is 0 Å². The molecule has 2 aromatic heterocycles. The third kappa shape index (κ3) is 2.86. The Morgan fingerprint density at radius 1 is 1.05 bits per heavy atom. The van der Waals surface area contributed by atoms with Crippen LogP contribution in [0.5, 0.6) is 0 Å². The molecule has 0 atom stereocenters. The average Bonchev–Trinajstić information content (AvgIpc) is 2.72. The van der Waals surface area contributed by atoms with E-state index in [0.717, 1.165) is 22.5 Å². The van der Waals surface area contributed by atoms with Gasteiger partial charge in [0.1, 0.15) is 11.4 Å². The molecule has 20 heavy (non-hydrogen) atoms. The Bertz CT molecular complexity index is 648. The van der Waals surface area contributed by atoms with Crippen LogP contribution in [-0.4, -0.2) is 25.6 Å². The van der Waals surface area contributed by atoms with Gasteiger partial charge < -0.3 is 20.9 Å². The van der Waals surface area contributed by atoms with E-state index >= 15 is 0 Å². The van der Waals surface area contributed by atoms with Crippen LogP contribution in [0.25, 0.3) is 16.9 Å². The van der Waals surface area contributed by atoms with Crippen LogP contribution in [0.2, 0.25) is 0 Å². The summed E-state index contributed by atoms with van der Waals surface area (Å²) in [5.41, 5.74) is 12.7. The summed E-state index contributed by atoms with van der Waals surface area (Å²) in [6, 6.07) is 7.38. The van der Waals surface area contributed by atoms with Crippen molar-refractivity contribution in [3.05, 3.63) is 68.6 Å². The van der Waals surface area contributed by atoms with E-state index in [-0.39, 0.29) is 17.1 Å². The number of nitrogens with zero attached hydrogens (tertiary/aromatic N) is 5. The van der Waals surface area contributed by atoms with Crippen LogP contribution in [-0.2, 0) is 17.1 Å². The molecule has 0 N–H and O–H groups in total. The summed E-state index contributed by atoms with van der Waals surface area (Å²) >= 11 is 0. The third-order valence-corrected chi connectivity index (χ3v) is 2.45. The molecule has 1 aliphatic rings. The van der Waals surface area contributed by atoms with Crippen molar-refractivity contribution in [3.63, 3.8) is 0 Å². The van der Waals surface area contributed by atoms with Crippen molar-refractivity contribution in [2.24, 2.45) is 0 Å². The topological polar surface area (TPSA) is 128 Å². The minimum absolute atomic E-state index is 0. The molecule has 103 valence electrons. The zero-order chi connectivity index (χ0) is 13.8. The van der Waals surface area contributed by atoms with Crippen molar-refractivity contribution in [2.75, 3.05) is 0 Å². The van der Waals surface area contributed by atoms with Crippen LogP contribution in [0, 0.1) is 15.3 Å². The molecule has 2 heterocycles. The van der Waals surface area contributed by atoms with Gasteiger partial charge in [0.05, 0.1) is 16.2 Å². The van der Waals surface area contributed by atoms with Crippen LogP contribution >= 0.6 is 0 Å². The number of hydrogen-bond donors (Lipinski definition) is 0. The third-order valence-electron chi connectivity index (χ3n) is 2.45. The normalized spacial score (nSPS) is 10.1. The van der Waals surface area contributed by atoms with Gasteiger partial charge >= 0.3 is 22.8 Å². The van der Waals surface area contributed by atoms with Gasteiger partial charge in [-0.3, -0.25) is 9.97 Å². The molecular formula is C11H6CuN5O3+. The summed E-state index contributed by atoms with van der Waals surface area (Å²) in [7, 11) is 0. The first-order valence-corrected chi connectivity index (χ1v) is 5.10. The summed E-state index contributed by atoms with van der Waals surface area (Å²) < 4.78 is 0. The largest absolute Gasteiger partial charge is 2.00 e. The second-order valence-electron chi connectivity index (χ2n) is 3.47. The molecule has 0 aliphatic heterocycles. The first-order chi connectivity index (χ1) is 9.15. The molecule has 0 bridgehead atoms. The van der Waals surface area contributed by atoms with E-state index in [1.165, 1.54) is 0 Å². The molecule has 0 aromatic carbocycles. The van der Waals surface area contributed by atoms with Gasteiger partial charge in [-0.1, -0.05) is 0 Å². The molecule has 1 radical (unpaired) electrons. The minimum atomic E-state index is -1.75. The molecule has 0 saturated carbocycles. The van der Waals surface area contributed by atoms with Crippen molar-refractivity contribution in [2.45, 2.75) is 0 Å². The Balaban J connectivity index is 0.000000359. The number of aromatic nitrogens is 2. The molecule has 0 amide bonds. The van der Waals surface area contributed by atoms with Crippen LogP contribution in [0.1, 0.15) is 11.1 Å². The zero-order valence-electron chi connectivity index (χ0n) is 9.73. The Morgan fingerprint density at radius 2 is 1.45 bits per heavy atom. The SMILES string of the molecule is O=[N+]([O-])[O-].[Cu+2].[N-]=[N+]=C1c2cccnc2-c2ncccc21. The number of hydrogen-bond acceptors (Lipinski definition) is 5. The first-order valence-electron chi connectivity index (χ1n) is 5.10. The van der Waals surface area contributed by atoms with Crippen LogP contribution in [0.4, 0.5) is 0 Å². The van der Waals surface area contributed by atoms with Crippen LogP contribution in [0.3, 0.4) is 0 Å². The van der Waals surface area contributed by atoms with E-state index < -0.39 is 5.09 Å². The monoisotopic (exact) mass is 319 g/mol. The van der Waals surface area contributed by atoms with E-state index in [2.05, 4.69) is 14.8 Å². The van der Waals surface area contributed by atoms with Crippen molar-refractivity contribution in [3.8, 4) is 11.4 Å². The van der Waals surface area contributed by atoms with E-state index in [1.54, 1.807) is 12.4 Å². The fourth-order valence-corrected chi connectivity index (χ4v) is 1.82. The van der Waals surface area contributed by atoms with E-state index in [4.69, 9.17) is 20.9 Å². The summed E-state index contributed by atoms with van der Waals surface area (Å²) in [5.74, 6) is 0. The summed E-state index contributed by atoms with van der Waals surface area (Å²) in [4.78, 5) is 20.0. The number of rotatable bonds is 0. The van der Waals surface area contributed by atoms with Gasteiger partial charge in [-0.2, -0.15) is 4.79 Å². The Labute approximate surface area is 123 Å². The second kappa shape index (κ2) is 6.53. The van der Waals surface area contributed by atoms with Gasteiger partial charge in [-0.15, -0.1) is 0 Å². The Hall–Kier alpha value is -2.60. The first kappa shape index (κ1) is 15.5. The Morgan fingerprint density at radius 3 is 1.80 bits per heavy atom. The van der Waals surface area contributed by atoms with Crippen molar-refractivity contribution in [1.29, 1.82) is 0 Å². The number of pyridine rings is 2. The number of fused-ring (bicyclic) bond motifs is 3. The maximum absolute atomic E-state index is 8.99. The van der Waals surface area contributed by atoms with E-state index in [9.17, 15) is 0 Å². The van der Waals surface area contributed by atoms with Crippen LogP contribution in [0.15, 0.2) is 36.7 Å². The fourth-order valence-electron chi connectivity index (χ4n) is 1.82. The van der Waals surface area contributed by atoms with E-state index in [1.807, 2.05) is 24.3 Å². The van der Waals surface area contributed by atoms with E-state index in [0.29, 0.717) is 5.71 Å². The molecule has 0 spiro atoms. The second-order valence-corrected chi connectivity index (χ2v) is 3.47. The smallest absolute Gasteiger partial charge is 0.361 e. The molecule has 0 unspecified atom stereocenters. The van der Waals surface area contributed by atoms with Crippen LogP contribution < -0.4 is 0 Å². The molecule has 1 aliphatic carbocycles. The predicted molar refractivity (Wildman–Crippen MR) is 64.7 cm³/mol. The van der Waals surface area contributed by atoms with Gasteiger partial charge in [-0.25, -0.2) is 0 Å². The van der Waals surface area contributed by atoms with Gasteiger partial charge in [0.15, 0.2) is 0 Å². The average molecular weight is 320 g/mol. The molecule has 8 nitrogen and oxygen atoms in total. The molecule has 2 aromatic rings. The van der Waals surface area contributed by atoms with Gasteiger partial charge in [0.25, 0.3) is 0 Å². The van der Waals surface area contributed by atoms with Gasteiger partial charge in [-0.05, 0) is 24.3 Å². The quantitative estimate of drug-likeness (QED) is 0.203. The van der Waals surface area contributed by atoms with Crippen molar-refractivity contribution in [1.82, 2.24) is 9.97 Å². The molecule has 0 saturated heterocycles. The summed E-state index contributed by atoms with van der Waals surface area (Å²) in [6.07, 6.45) is 3.41. The summed E-state index contributed by atoms with van der Waals surface area (Å²) in [5, 5.41) is 14.8. The van der Waals surface area contributed by atoms with Gasteiger partial charge in [0, 0.05) is 12.4 Å². The molecule has 3 rings (SSSR count). The standard InChI is InChI=1S/C11H6N4.Cu.NO3/c12-15-9-7-3-1-5-13-10(7)11-8(9)4-2-6-14-11;;2-1(3)4/h1-6H;;/q;+2;-1. The molecule has 0 fully saturated rings. The zero-order valence-corrected chi connectivity index (χ0v) is 10.7. The maximum atomic E-state index is 8.99. The van der Waals surface area contributed by atoms with Crippen molar-refractivity contribution >= 4 is 5.71 Å². The predicted octanol–water partition coefficient (Wildman–Crippen LogP) is 1.28. The maximum Gasteiger partial charge on any atom is 2.00 e. The fraction of sp³-hybridized carbons (Fsp3) is 0.